The molecule has 1 aliphatic rings. The summed E-state index contributed by atoms with van der Waals surface area (Å²) < 4.78 is 90.3. The van der Waals surface area contributed by atoms with E-state index in [1.165, 1.54) is 29.2 Å². The van der Waals surface area contributed by atoms with Gasteiger partial charge in [-0.3, -0.25) is 9.52 Å². The second-order valence-electron chi connectivity index (χ2n) is 8.97. The van der Waals surface area contributed by atoms with Crippen LogP contribution in [0.25, 0.3) is 6.08 Å². The van der Waals surface area contributed by atoms with Gasteiger partial charge in [0, 0.05) is 23.7 Å². The Morgan fingerprint density at radius 3 is 2.55 bits per heavy atom. The van der Waals surface area contributed by atoms with E-state index in [1.807, 2.05) is 0 Å². The lowest BCUT2D eigenvalue weighted by Crippen LogP contribution is -2.28. The second kappa shape index (κ2) is 12.0. The molecule has 2 aromatic carbocycles. The molecule has 13 heteroatoms. The number of anilines is 2. The van der Waals surface area contributed by atoms with Crippen molar-refractivity contribution in [2.24, 2.45) is 0 Å². The van der Waals surface area contributed by atoms with Crippen molar-refractivity contribution in [2.75, 3.05) is 29.1 Å². The quantitative estimate of drug-likeness (QED) is 0.282. The fourth-order valence-corrected chi connectivity index (χ4v) is 4.44. The van der Waals surface area contributed by atoms with Gasteiger partial charge in [-0.05, 0) is 48.0 Å². The zero-order valence-corrected chi connectivity index (χ0v) is 22.0. The van der Waals surface area contributed by atoms with Crippen LogP contribution in [0.1, 0.15) is 23.2 Å². The zero-order chi connectivity index (χ0) is 28.9. The third-order valence-corrected chi connectivity index (χ3v) is 6.35. The lowest BCUT2D eigenvalue weighted by molar-refractivity contribution is -0.141. The summed E-state index contributed by atoms with van der Waals surface area (Å²) in [7, 11) is -3.70. The molecule has 40 heavy (non-hydrogen) atoms. The number of sulfonamides is 1. The molecule has 1 fully saturated rings. The number of benzene rings is 2. The third kappa shape index (κ3) is 7.79. The molecular formula is C27H25F4N3O5S. The Hall–Kier alpha value is -3.97. The minimum atomic E-state index is -4.69. The first kappa shape index (κ1) is 29.0. The van der Waals surface area contributed by atoms with Crippen LogP contribution in [-0.2, 0) is 32.3 Å². The fraction of sp³-hybridized carbons (Fsp3) is 0.259. The molecule has 1 atom stereocenters. The molecule has 1 aliphatic heterocycles. The van der Waals surface area contributed by atoms with Gasteiger partial charge in [-0.15, -0.1) is 0 Å². The van der Waals surface area contributed by atoms with Gasteiger partial charge in [0.25, 0.3) is 5.91 Å². The summed E-state index contributed by atoms with van der Waals surface area (Å²) in [6.07, 6.45) is -1.33. The number of hydrogen-bond acceptors (Lipinski definition) is 6. The van der Waals surface area contributed by atoms with E-state index in [1.54, 1.807) is 30.3 Å². The Morgan fingerprint density at radius 2 is 1.93 bits per heavy atom. The Balaban J connectivity index is 1.61. The molecule has 1 aromatic heterocycles. The van der Waals surface area contributed by atoms with Crippen LogP contribution < -0.4 is 14.4 Å². The van der Waals surface area contributed by atoms with Gasteiger partial charge >= 0.3 is 6.18 Å². The number of ether oxygens (including phenoxy) is 2. The predicted octanol–water partition coefficient (Wildman–Crippen LogP) is 5.03. The molecule has 212 valence electrons. The predicted molar refractivity (Wildman–Crippen MR) is 141 cm³/mol. The van der Waals surface area contributed by atoms with Crippen molar-refractivity contribution in [2.45, 2.75) is 25.2 Å². The first-order valence-corrected chi connectivity index (χ1v) is 13.9. The van der Waals surface area contributed by atoms with Crippen LogP contribution in [0.2, 0.25) is 0 Å². The number of nitrogens with zero attached hydrogens (tertiary/aromatic N) is 2. The van der Waals surface area contributed by atoms with Crippen molar-refractivity contribution in [1.29, 1.82) is 0 Å². The molecule has 8 nitrogen and oxygen atoms in total. The summed E-state index contributed by atoms with van der Waals surface area (Å²) in [5.41, 5.74) is -0.376. The van der Waals surface area contributed by atoms with Crippen LogP contribution in [0.15, 0.2) is 66.7 Å². The highest BCUT2D eigenvalue weighted by Crippen LogP contribution is 2.31. The van der Waals surface area contributed by atoms with Crippen molar-refractivity contribution in [3.8, 4) is 5.88 Å². The molecule has 3 aromatic rings. The fourth-order valence-electron chi connectivity index (χ4n) is 3.87. The summed E-state index contributed by atoms with van der Waals surface area (Å²) >= 11 is 0. The average molecular weight is 580 g/mol. The van der Waals surface area contributed by atoms with Crippen LogP contribution in [0.4, 0.5) is 28.9 Å². The molecule has 0 spiro atoms. The monoisotopic (exact) mass is 579 g/mol. The van der Waals surface area contributed by atoms with Crippen LogP contribution in [-0.4, -0.2) is 44.9 Å². The van der Waals surface area contributed by atoms with E-state index in [0.29, 0.717) is 24.3 Å². The highest BCUT2D eigenvalue weighted by atomic mass is 32.2. The molecule has 1 unspecified atom stereocenters. The minimum Gasteiger partial charge on any atom is -0.471 e. The van der Waals surface area contributed by atoms with Crippen molar-refractivity contribution in [3.63, 3.8) is 0 Å². The lowest BCUT2D eigenvalue weighted by atomic mass is 10.1. The molecule has 1 saturated heterocycles. The summed E-state index contributed by atoms with van der Waals surface area (Å²) in [5.74, 6) is -1.66. The highest BCUT2D eigenvalue weighted by Gasteiger charge is 2.33. The third-order valence-electron chi connectivity index (χ3n) is 5.76. The maximum Gasteiger partial charge on any atom is 0.433 e. The number of halogens is 4. The number of alkyl halides is 3. The maximum absolute atomic E-state index is 14.6. The smallest absolute Gasteiger partial charge is 0.433 e. The van der Waals surface area contributed by atoms with Gasteiger partial charge in [-0.25, -0.2) is 17.8 Å². The van der Waals surface area contributed by atoms with E-state index in [0.717, 1.165) is 24.5 Å². The van der Waals surface area contributed by atoms with Crippen LogP contribution in [0, 0.1) is 5.82 Å². The number of aromatic nitrogens is 1. The minimum absolute atomic E-state index is 0.0860. The standard InChI is InChI=1S/C27H25F4N3O5S/c1-40(36,37)33-23-10-7-18(15-22(23)28)16-34(20-5-3-2-4-6-20)25(35)12-9-19-8-11-24(27(29,30)31)32-26(19)39-21-13-14-38-17-21/h2-12,15,21,33H,13-14,16-17H2,1H3/b12-9-. The highest BCUT2D eigenvalue weighted by molar-refractivity contribution is 7.92. The van der Waals surface area contributed by atoms with Gasteiger partial charge in [0.05, 0.1) is 31.7 Å². The second-order valence-corrected chi connectivity index (χ2v) is 10.7. The molecule has 0 aliphatic carbocycles. The van der Waals surface area contributed by atoms with Gasteiger partial charge in [-0.2, -0.15) is 13.2 Å². The Labute approximate surface area is 228 Å². The summed E-state index contributed by atoms with van der Waals surface area (Å²) in [4.78, 5) is 18.3. The first-order chi connectivity index (χ1) is 18.9. The topological polar surface area (TPSA) is 97.8 Å². The molecule has 0 bridgehead atoms. The largest absolute Gasteiger partial charge is 0.471 e. The van der Waals surface area contributed by atoms with Crippen LogP contribution in [0.3, 0.4) is 0 Å². The van der Waals surface area contributed by atoms with E-state index in [9.17, 15) is 30.8 Å². The first-order valence-electron chi connectivity index (χ1n) is 12.0. The molecule has 0 saturated carbocycles. The van der Waals surface area contributed by atoms with Gasteiger partial charge in [0.1, 0.15) is 17.6 Å². The number of hydrogen-bond donors (Lipinski definition) is 1. The number of amides is 1. The van der Waals surface area contributed by atoms with E-state index >= 15 is 0 Å². The average Bonchev–Trinajstić information content (AvgIpc) is 3.40. The number of para-hydroxylation sites is 1. The SMILES string of the molecule is CS(=O)(=O)Nc1ccc(CN(C(=O)/C=C\c2ccc(C(F)(F)F)nc2OC2CCOC2)c2ccccc2)cc1F. The van der Waals surface area contributed by atoms with Gasteiger partial charge in [0.15, 0.2) is 0 Å². The maximum atomic E-state index is 14.6. The van der Waals surface area contributed by atoms with Gasteiger partial charge in [-0.1, -0.05) is 24.3 Å². The van der Waals surface area contributed by atoms with E-state index < -0.39 is 39.7 Å². The lowest BCUT2D eigenvalue weighted by Gasteiger charge is -2.22. The Bertz CT molecular complexity index is 1490. The number of rotatable bonds is 9. The number of carbonyl (C=O) groups excluding carboxylic acids is 1. The van der Waals surface area contributed by atoms with E-state index in [2.05, 4.69) is 9.71 Å². The Morgan fingerprint density at radius 1 is 1.18 bits per heavy atom. The van der Waals surface area contributed by atoms with E-state index in [-0.39, 0.29) is 30.3 Å². The molecule has 1 N–H and O–H groups in total. The number of nitrogens with one attached hydrogen (secondary N) is 1. The number of carbonyl (C=O) groups is 1. The van der Waals surface area contributed by atoms with Crippen molar-refractivity contribution in [1.82, 2.24) is 4.98 Å². The molecule has 2 heterocycles. The molecule has 1 amide bonds. The van der Waals surface area contributed by atoms with Gasteiger partial charge in [0.2, 0.25) is 15.9 Å². The summed E-state index contributed by atoms with van der Waals surface area (Å²) in [6, 6.07) is 14.3. The summed E-state index contributed by atoms with van der Waals surface area (Å²) in [5, 5.41) is 0. The zero-order valence-electron chi connectivity index (χ0n) is 21.2. The Kier molecular flexibility index (Phi) is 8.74. The van der Waals surface area contributed by atoms with Gasteiger partial charge < -0.3 is 14.4 Å². The molecule has 0 radical (unpaired) electrons. The number of pyridine rings is 1. The van der Waals surface area contributed by atoms with Crippen LogP contribution in [0.5, 0.6) is 5.88 Å². The van der Waals surface area contributed by atoms with Crippen molar-refractivity contribution in [3.05, 3.63) is 89.4 Å². The normalized spacial score (nSPS) is 15.8. The summed E-state index contributed by atoms with van der Waals surface area (Å²) in [6.45, 7) is 0.527. The van der Waals surface area contributed by atoms with Crippen LogP contribution >= 0.6 is 0 Å². The molecular weight excluding hydrogens is 554 g/mol. The molecule has 4 rings (SSSR count). The van der Waals surface area contributed by atoms with Crippen molar-refractivity contribution >= 4 is 33.4 Å². The van der Waals surface area contributed by atoms with Crippen molar-refractivity contribution < 1.29 is 40.2 Å². The van der Waals surface area contributed by atoms with E-state index in [4.69, 9.17) is 9.47 Å².